The fourth-order valence-electron chi connectivity index (χ4n) is 1.66. The molecular weight excluding hydrogens is 264 g/mol. The number of amides is 1. The summed E-state index contributed by atoms with van der Waals surface area (Å²) >= 11 is 1.49. The van der Waals surface area contributed by atoms with E-state index in [0.29, 0.717) is 6.42 Å². The van der Waals surface area contributed by atoms with Crippen molar-refractivity contribution in [1.82, 2.24) is 10.3 Å². The normalized spacial score (nSPS) is 12.3. The molecule has 1 atom stereocenters. The number of aromatic nitrogens is 1. The molecule has 2 aromatic heterocycles. The molecule has 0 bridgehead atoms. The topological polar surface area (TPSA) is 75.4 Å². The van der Waals surface area contributed by atoms with Crippen molar-refractivity contribution in [1.29, 1.82) is 0 Å². The van der Waals surface area contributed by atoms with Crippen LogP contribution in [0.15, 0.2) is 28.4 Å². The number of carbonyl (C=O) groups is 1. The number of hydrogen-bond acceptors (Lipinski definition) is 5. The molecule has 2 rings (SSSR count). The summed E-state index contributed by atoms with van der Waals surface area (Å²) in [5.74, 6) is -0.0787. The molecule has 0 spiro atoms. The Morgan fingerprint density at radius 1 is 1.63 bits per heavy atom. The molecule has 0 saturated carbocycles. The first-order valence-electron chi connectivity index (χ1n) is 6.06. The third-order valence-electron chi connectivity index (χ3n) is 2.63. The van der Waals surface area contributed by atoms with Crippen molar-refractivity contribution in [2.75, 3.05) is 6.61 Å². The average Bonchev–Trinajstić information content (AvgIpc) is 2.98. The highest BCUT2D eigenvalue weighted by Gasteiger charge is 2.11. The Balaban J connectivity index is 1.91. The maximum absolute atomic E-state index is 11.7. The Morgan fingerprint density at radius 3 is 3.16 bits per heavy atom. The number of hydrogen-bond donors (Lipinski definition) is 2. The van der Waals surface area contributed by atoms with E-state index in [2.05, 4.69) is 10.3 Å². The summed E-state index contributed by atoms with van der Waals surface area (Å²) in [5.41, 5.74) is 1.67. The van der Waals surface area contributed by atoms with Gasteiger partial charge in [-0.3, -0.25) is 4.79 Å². The highest BCUT2D eigenvalue weighted by Crippen LogP contribution is 2.23. The summed E-state index contributed by atoms with van der Waals surface area (Å²) in [4.78, 5) is 16.1. The van der Waals surface area contributed by atoms with E-state index >= 15 is 0 Å². The first-order valence-corrected chi connectivity index (χ1v) is 6.94. The summed E-state index contributed by atoms with van der Waals surface area (Å²) in [5, 5.41) is 14.3. The van der Waals surface area contributed by atoms with Crippen LogP contribution in [0.1, 0.15) is 19.0 Å². The minimum absolute atomic E-state index is 0.0236. The van der Waals surface area contributed by atoms with Gasteiger partial charge in [0.25, 0.3) is 0 Å². The molecule has 1 unspecified atom stereocenters. The molecule has 0 aromatic carbocycles. The number of aliphatic hydroxyl groups is 1. The van der Waals surface area contributed by atoms with Crippen molar-refractivity contribution in [2.45, 2.75) is 25.8 Å². The molecule has 1 amide bonds. The first-order chi connectivity index (χ1) is 9.19. The van der Waals surface area contributed by atoms with Crippen LogP contribution in [0.4, 0.5) is 0 Å². The van der Waals surface area contributed by atoms with E-state index in [9.17, 15) is 4.79 Å². The van der Waals surface area contributed by atoms with E-state index in [0.717, 1.165) is 16.3 Å². The molecule has 19 heavy (non-hydrogen) atoms. The van der Waals surface area contributed by atoms with Crippen LogP contribution in [0.25, 0.3) is 10.6 Å². The second-order valence-corrected chi connectivity index (χ2v) is 5.17. The molecule has 0 aliphatic rings. The summed E-state index contributed by atoms with van der Waals surface area (Å²) in [6, 6.07) is 1.82. The van der Waals surface area contributed by atoms with Gasteiger partial charge in [0.2, 0.25) is 5.91 Å². The van der Waals surface area contributed by atoms with Gasteiger partial charge in [-0.25, -0.2) is 4.98 Å². The lowest BCUT2D eigenvalue weighted by molar-refractivity contribution is -0.121. The van der Waals surface area contributed by atoms with Gasteiger partial charge in [-0.1, -0.05) is 0 Å². The monoisotopic (exact) mass is 280 g/mol. The zero-order chi connectivity index (χ0) is 13.7. The first kappa shape index (κ1) is 13.8. The second kappa shape index (κ2) is 6.49. The molecule has 0 fully saturated rings. The van der Waals surface area contributed by atoms with Crippen LogP contribution in [0.5, 0.6) is 0 Å². The molecule has 102 valence electrons. The van der Waals surface area contributed by atoms with Gasteiger partial charge >= 0.3 is 0 Å². The van der Waals surface area contributed by atoms with Crippen molar-refractivity contribution in [2.24, 2.45) is 0 Å². The molecule has 0 aliphatic carbocycles. The molecule has 2 N–H and O–H groups in total. The van der Waals surface area contributed by atoms with Crippen molar-refractivity contribution in [3.05, 3.63) is 29.7 Å². The number of carbonyl (C=O) groups excluding carboxylic acids is 1. The van der Waals surface area contributed by atoms with Crippen molar-refractivity contribution < 1.29 is 14.3 Å². The lowest BCUT2D eigenvalue weighted by Crippen LogP contribution is -2.34. The van der Waals surface area contributed by atoms with Gasteiger partial charge in [0.15, 0.2) is 0 Å². The Hall–Kier alpha value is -1.66. The SMILES string of the molecule is CC(CCO)NC(=O)Cc1csc(-c2ccoc2)n1. The lowest BCUT2D eigenvalue weighted by atomic mass is 10.2. The zero-order valence-corrected chi connectivity index (χ0v) is 11.4. The van der Waals surface area contributed by atoms with Crippen LogP contribution in [0, 0.1) is 0 Å². The number of furan rings is 1. The second-order valence-electron chi connectivity index (χ2n) is 4.31. The van der Waals surface area contributed by atoms with Crippen LogP contribution < -0.4 is 5.32 Å². The minimum atomic E-state index is -0.0787. The highest BCUT2D eigenvalue weighted by molar-refractivity contribution is 7.13. The van der Waals surface area contributed by atoms with Crippen molar-refractivity contribution in [3.8, 4) is 10.6 Å². The quantitative estimate of drug-likeness (QED) is 0.846. The van der Waals surface area contributed by atoms with Crippen LogP contribution in [0.3, 0.4) is 0 Å². The maximum atomic E-state index is 11.7. The minimum Gasteiger partial charge on any atom is -0.472 e. The number of nitrogens with one attached hydrogen (secondary N) is 1. The molecule has 6 heteroatoms. The van der Waals surface area contributed by atoms with Gasteiger partial charge in [-0.2, -0.15) is 0 Å². The molecule has 0 aliphatic heterocycles. The number of nitrogens with zero attached hydrogens (tertiary/aromatic N) is 1. The molecule has 0 radical (unpaired) electrons. The standard InChI is InChI=1S/C13H16N2O3S/c1-9(2-4-16)14-12(17)6-11-8-19-13(15-11)10-3-5-18-7-10/h3,5,7-9,16H,2,4,6H2,1H3,(H,14,17). The molecular formula is C13H16N2O3S. The number of thiazole rings is 1. The number of aliphatic hydroxyl groups excluding tert-OH is 1. The zero-order valence-electron chi connectivity index (χ0n) is 10.6. The van der Waals surface area contributed by atoms with Crippen LogP contribution in [-0.2, 0) is 11.2 Å². The van der Waals surface area contributed by atoms with E-state index in [1.807, 2.05) is 18.4 Å². The molecule has 2 aromatic rings. The summed E-state index contributed by atoms with van der Waals surface area (Å²) < 4.78 is 5.00. The number of rotatable bonds is 6. The molecule has 2 heterocycles. The van der Waals surface area contributed by atoms with E-state index in [1.165, 1.54) is 11.3 Å². The predicted molar refractivity (Wildman–Crippen MR) is 72.8 cm³/mol. The van der Waals surface area contributed by atoms with Gasteiger partial charge < -0.3 is 14.8 Å². The molecule has 0 saturated heterocycles. The fourth-order valence-corrected chi connectivity index (χ4v) is 2.47. The Morgan fingerprint density at radius 2 is 2.47 bits per heavy atom. The summed E-state index contributed by atoms with van der Waals surface area (Å²) in [6.07, 6.45) is 4.04. The van der Waals surface area contributed by atoms with E-state index in [-0.39, 0.29) is 25.0 Å². The van der Waals surface area contributed by atoms with Crippen LogP contribution in [-0.4, -0.2) is 28.6 Å². The van der Waals surface area contributed by atoms with E-state index < -0.39 is 0 Å². The van der Waals surface area contributed by atoms with Gasteiger partial charge in [0.1, 0.15) is 11.3 Å². The molecule has 5 nitrogen and oxygen atoms in total. The summed E-state index contributed by atoms with van der Waals surface area (Å²) in [7, 11) is 0. The third-order valence-corrected chi connectivity index (χ3v) is 3.57. The van der Waals surface area contributed by atoms with Gasteiger partial charge in [0.05, 0.1) is 18.4 Å². The maximum Gasteiger partial charge on any atom is 0.226 e. The Bertz CT molecular complexity index is 522. The van der Waals surface area contributed by atoms with Crippen LogP contribution in [0.2, 0.25) is 0 Å². The Labute approximate surface area is 115 Å². The van der Waals surface area contributed by atoms with E-state index in [4.69, 9.17) is 9.52 Å². The van der Waals surface area contributed by atoms with Gasteiger partial charge in [0, 0.05) is 23.6 Å². The predicted octanol–water partition coefficient (Wildman–Crippen LogP) is 1.83. The van der Waals surface area contributed by atoms with E-state index in [1.54, 1.807) is 12.5 Å². The van der Waals surface area contributed by atoms with Gasteiger partial charge in [-0.15, -0.1) is 11.3 Å². The van der Waals surface area contributed by atoms with Gasteiger partial charge in [-0.05, 0) is 19.4 Å². The lowest BCUT2D eigenvalue weighted by Gasteiger charge is -2.11. The third kappa shape index (κ3) is 3.90. The Kier molecular flexibility index (Phi) is 4.70. The van der Waals surface area contributed by atoms with Crippen LogP contribution >= 0.6 is 11.3 Å². The van der Waals surface area contributed by atoms with Crippen molar-refractivity contribution >= 4 is 17.2 Å². The fraction of sp³-hybridized carbons (Fsp3) is 0.385. The highest BCUT2D eigenvalue weighted by atomic mass is 32.1. The largest absolute Gasteiger partial charge is 0.472 e. The average molecular weight is 280 g/mol. The van der Waals surface area contributed by atoms with Crippen molar-refractivity contribution in [3.63, 3.8) is 0 Å². The smallest absolute Gasteiger partial charge is 0.226 e. The summed E-state index contributed by atoms with van der Waals surface area (Å²) in [6.45, 7) is 1.94.